The third-order valence-electron chi connectivity index (χ3n) is 6.98. The highest BCUT2D eigenvalue weighted by molar-refractivity contribution is 7.80. The Morgan fingerprint density at radius 2 is 1.56 bits per heavy atom. The van der Waals surface area contributed by atoms with E-state index in [4.69, 9.17) is 17.0 Å². The lowest BCUT2D eigenvalue weighted by atomic mass is 10.1. The van der Waals surface area contributed by atoms with E-state index in [1.807, 2.05) is 69.3 Å². The van der Waals surface area contributed by atoms with Gasteiger partial charge in [0.25, 0.3) is 11.8 Å². The van der Waals surface area contributed by atoms with Crippen molar-refractivity contribution in [3.8, 4) is 11.4 Å². The summed E-state index contributed by atoms with van der Waals surface area (Å²) in [4.78, 5) is 30.1. The highest BCUT2D eigenvalue weighted by Gasteiger charge is 2.40. The maximum absolute atomic E-state index is 13.7. The molecule has 6 nitrogen and oxygen atoms in total. The zero-order chi connectivity index (χ0) is 29.1. The molecule has 0 atom stereocenters. The summed E-state index contributed by atoms with van der Waals surface area (Å²) in [5, 5.41) is 0.192. The first kappa shape index (κ1) is 28.0. The standard InChI is InChI=1S/C33H30FN3O3S/c1-4-18-35-31(38)30(32(39)37(33(35)41)27-8-6-5-7-9-27)20-25-19-22(2)36(23(25)3)28-14-16-29(17-15-28)40-21-24-10-12-26(34)13-11-24/h5-17,19-20H,4,18,21H2,1-3H3/b30-20+. The van der Waals surface area contributed by atoms with E-state index in [-0.39, 0.29) is 22.4 Å². The van der Waals surface area contributed by atoms with Crippen molar-refractivity contribution >= 4 is 40.9 Å². The third kappa shape index (κ3) is 5.69. The van der Waals surface area contributed by atoms with Gasteiger partial charge in [0.15, 0.2) is 5.11 Å². The highest BCUT2D eigenvalue weighted by Crippen LogP contribution is 2.29. The van der Waals surface area contributed by atoms with Crippen molar-refractivity contribution < 1.29 is 18.7 Å². The molecular formula is C33H30FN3O3S. The quantitative estimate of drug-likeness (QED) is 0.134. The van der Waals surface area contributed by atoms with Crippen LogP contribution in [-0.4, -0.2) is 32.9 Å². The number of halogens is 1. The second-order valence-corrected chi connectivity index (χ2v) is 10.2. The Bertz CT molecular complexity index is 1630. The van der Waals surface area contributed by atoms with Crippen LogP contribution in [0.2, 0.25) is 0 Å². The van der Waals surface area contributed by atoms with Crippen molar-refractivity contribution in [1.82, 2.24) is 9.47 Å². The van der Waals surface area contributed by atoms with E-state index in [2.05, 4.69) is 4.57 Å². The Morgan fingerprint density at radius 3 is 2.22 bits per heavy atom. The number of carbonyl (C=O) groups is 2. The zero-order valence-corrected chi connectivity index (χ0v) is 24.0. The van der Waals surface area contributed by atoms with Gasteiger partial charge < -0.3 is 9.30 Å². The van der Waals surface area contributed by atoms with Crippen LogP contribution in [0.4, 0.5) is 10.1 Å². The Hall–Kier alpha value is -4.56. The van der Waals surface area contributed by atoms with Gasteiger partial charge in [-0.25, -0.2) is 4.39 Å². The van der Waals surface area contributed by atoms with Crippen molar-refractivity contribution in [2.45, 2.75) is 33.8 Å². The molecule has 5 rings (SSSR count). The van der Waals surface area contributed by atoms with Crippen LogP contribution in [0.15, 0.2) is 90.5 Å². The molecule has 3 aromatic carbocycles. The SMILES string of the molecule is CCCN1C(=O)/C(=C\c2cc(C)n(-c3ccc(OCc4ccc(F)cc4)cc3)c2C)C(=O)N(c2ccccc2)C1=S. The minimum atomic E-state index is -0.439. The molecule has 2 amide bonds. The van der Waals surface area contributed by atoms with E-state index in [9.17, 15) is 14.0 Å². The first-order valence-electron chi connectivity index (χ1n) is 13.4. The van der Waals surface area contributed by atoms with Gasteiger partial charge in [-0.1, -0.05) is 37.3 Å². The Balaban J connectivity index is 1.43. The molecule has 0 saturated carbocycles. The van der Waals surface area contributed by atoms with Gasteiger partial charge in [0.2, 0.25) is 0 Å². The van der Waals surface area contributed by atoms with E-state index in [1.54, 1.807) is 30.3 Å². The number of aryl methyl sites for hydroxylation is 1. The molecule has 8 heteroatoms. The number of anilines is 1. The molecule has 1 fully saturated rings. The molecule has 0 bridgehead atoms. The predicted octanol–water partition coefficient (Wildman–Crippen LogP) is 6.77. The molecule has 1 saturated heterocycles. The average molecular weight is 568 g/mol. The van der Waals surface area contributed by atoms with E-state index in [0.29, 0.717) is 31.0 Å². The van der Waals surface area contributed by atoms with Crippen molar-refractivity contribution in [2.24, 2.45) is 0 Å². The molecule has 0 N–H and O–H groups in total. The van der Waals surface area contributed by atoms with Gasteiger partial charge in [-0.15, -0.1) is 0 Å². The van der Waals surface area contributed by atoms with Crippen LogP contribution >= 0.6 is 12.2 Å². The van der Waals surface area contributed by atoms with E-state index >= 15 is 0 Å². The normalized spacial score (nSPS) is 14.7. The van der Waals surface area contributed by atoms with Gasteiger partial charge >= 0.3 is 0 Å². The second-order valence-electron chi connectivity index (χ2n) is 9.84. The Labute approximate surface area is 244 Å². The van der Waals surface area contributed by atoms with Crippen molar-refractivity contribution in [1.29, 1.82) is 0 Å². The van der Waals surface area contributed by atoms with Crippen LogP contribution in [0.25, 0.3) is 11.8 Å². The minimum absolute atomic E-state index is 0.0701. The van der Waals surface area contributed by atoms with Gasteiger partial charge in [-0.05, 0) is 104 Å². The van der Waals surface area contributed by atoms with Crippen LogP contribution in [-0.2, 0) is 16.2 Å². The summed E-state index contributed by atoms with van der Waals surface area (Å²) in [5.41, 5.74) is 5.09. The molecule has 1 aliphatic heterocycles. The summed E-state index contributed by atoms with van der Waals surface area (Å²) in [5.74, 6) is -0.417. The number of aromatic nitrogens is 1. The smallest absolute Gasteiger partial charge is 0.270 e. The number of rotatable bonds is 8. The predicted molar refractivity (Wildman–Crippen MR) is 162 cm³/mol. The number of hydrogen-bond acceptors (Lipinski definition) is 4. The zero-order valence-electron chi connectivity index (χ0n) is 23.1. The molecule has 0 spiro atoms. The van der Waals surface area contributed by atoms with Gasteiger partial charge in [-0.3, -0.25) is 19.4 Å². The van der Waals surface area contributed by atoms with E-state index in [0.717, 1.165) is 28.2 Å². The Morgan fingerprint density at radius 1 is 0.878 bits per heavy atom. The molecule has 0 unspecified atom stereocenters. The maximum Gasteiger partial charge on any atom is 0.270 e. The fourth-order valence-electron chi connectivity index (χ4n) is 4.93. The highest BCUT2D eigenvalue weighted by atomic mass is 32.1. The lowest BCUT2D eigenvalue weighted by molar-refractivity contribution is -0.127. The van der Waals surface area contributed by atoms with Crippen LogP contribution < -0.4 is 9.64 Å². The Kier molecular flexibility index (Phi) is 8.12. The fourth-order valence-corrected chi connectivity index (χ4v) is 5.29. The van der Waals surface area contributed by atoms with Crippen molar-refractivity contribution in [3.05, 3.63) is 119 Å². The summed E-state index contributed by atoms with van der Waals surface area (Å²) in [7, 11) is 0. The number of ether oxygens (including phenoxy) is 1. The fraction of sp³-hybridized carbons (Fsp3) is 0.182. The van der Waals surface area contributed by atoms with Gasteiger partial charge in [0, 0.05) is 23.6 Å². The van der Waals surface area contributed by atoms with Crippen molar-refractivity contribution in [2.75, 3.05) is 11.4 Å². The minimum Gasteiger partial charge on any atom is -0.489 e. The van der Waals surface area contributed by atoms with Crippen LogP contribution in [0, 0.1) is 19.7 Å². The summed E-state index contributed by atoms with van der Waals surface area (Å²) in [6, 6.07) is 25.0. The molecule has 1 aromatic heterocycles. The van der Waals surface area contributed by atoms with Gasteiger partial charge in [0.05, 0.1) is 5.69 Å². The topological polar surface area (TPSA) is 54.8 Å². The van der Waals surface area contributed by atoms with Crippen LogP contribution in [0.1, 0.15) is 35.9 Å². The van der Waals surface area contributed by atoms with E-state index < -0.39 is 5.91 Å². The number of hydrogen-bond donors (Lipinski definition) is 0. The first-order valence-corrected chi connectivity index (χ1v) is 13.8. The molecule has 208 valence electrons. The lowest BCUT2D eigenvalue weighted by Crippen LogP contribution is -2.56. The van der Waals surface area contributed by atoms with Gasteiger partial charge in [0.1, 0.15) is 23.7 Å². The molecule has 4 aromatic rings. The van der Waals surface area contributed by atoms with Crippen LogP contribution in [0.3, 0.4) is 0 Å². The number of para-hydroxylation sites is 1. The average Bonchev–Trinajstić information content (AvgIpc) is 3.26. The summed E-state index contributed by atoms with van der Waals surface area (Å²) >= 11 is 5.60. The third-order valence-corrected chi connectivity index (χ3v) is 7.38. The lowest BCUT2D eigenvalue weighted by Gasteiger charge is -2.36. The number of carbonyl (C=O) groups excluding carboxylic acids is 2. The van der Waals surface area contributed by atoms with Crippen LogP contribution in [0.5, 0.6) is 5.75 Å². The molecule has 41 heavy (non-hydrogen) atoms. The number of thiocarbonyl (C=S) groups is 1. The summed E-state index contributed by atoms with van der Waals surface area (Å²) < 4.78 is 21.1. The van der Waals surface area contributed by atoms with Gasteiger partial charge in [-0.2, -0.15) is 0 Å². The summed E-state index contributed by atoms with van der Waals surface area (Å²) in [6.45, 7) is 6.65. The molecule has 0 radical (unpaired) electrons. The molecule has 1 aliphatic rings. The monoisotopic (exact) mass is 567 g/mol. The van der Waals surface area contributed by atoms with E-state index in [1.165, 1.54) is 21.9 Å². The maximum atomic E-state index is 13.7. The molecule has 2 heterocycles. The number of nitrogens with zero attached hydrogens (tertiary/aromatic N) is 3. The van der Waals surface area contributed by atoms with Crippen molar-refractivity contribution in [3.63, 3.8) is 0 Å². The number of benzene rings is 3. The number of amides is 2. The second kappa shape index (κ2) is 11.9. The largest absolute Gasteiger partial charge is 0.489 e. The first-order chi connectivity index (χ1) is 19.8. The summed E-state index contributed by atoms with van der Waals surface area (Å²) in [6.07, 6.45) is 2.37. The molecular weight excluding hydrogens is 537 g/mol. The molecule has 0 aliphatic carbocycles.